The van der Waals surface area contributed by atoms with Gasteiger partial charge in [0.1, 0.15) is 5.60 Å². The van der Waals surface area contributed by atoms with Crippen LogP contribution in [0.25, 0.3) is 22.2 Å². The summed E-state index contributed by atoms with van der Waals surface area (Å²) in [7, 11) is 0. The molecule has 0 aliphatic carbocycles. The van der Waals surface area contributed by atoms with E-state index in [0.717, 1.165) is 15.7 Å². The molecule has 0 saturated heterocycles. The topological polar surface area (TPSA) is 119 Å². The van der Waals surface area contributed by atoms with Gasteiger partial charge in [0.05, 0.1) is 11.0 Å². The van der Waals surface area contributed by atoms with Gasteiger partial charge in [0, 0.05) is 19.5 Å². The van der Waals surface area contributed by atoms with Crippen molar-refractivity contribution in [1.29, 1.82) is 0 Å². The van der Waals surface area contributed by atoms with Crippen molar-refractivity contribution in [2.24, 2.45) is 0 Å². The Labute approximate surface area is 179 Å². The number of aryl methyl sites for hydroxylation is 2. The summed E-state index contributed by atoms with van der Waals surface area (Å²) in [5.74, 6) is -0.243. The third-order valence-electron chi connectivity index (χ3n) is 4.86. The third kappa shape index (κ3) is 5.55. The van der Waals surface area contributed by atoms with Crippen molar-refractivity contribution in [2.45, 2.75) is 59.6 Å². The molecule has 0 radical (unpaired) electrons. The maximum absolute atomic E-state index is 12.8. The van der Waals surface area contributed by atoms with Crippen molar-refractivity contribution >= 4 is 28.2 Å². The monoisotopic (exact) mass is 427 g/mol. The summed E-state index contributed by atoms with van der Waals surface area (Å²) < 4.78 is 6.38. The van der Waals surface area contributed by atoms with Gasteiger partial charge in [-0.2, -0.15) is 0 Å². The lowest BCUT2D eigenvalue weighted by Gasteiger charge is -2.19. The van der Waals surface area contributed by atoms with E-state index < -0.39 is 16.9 Å². The molecule has 9 heteroatoms. The number of aromatic amines is 1. The molecule has 0 unspecified atom stereocenters. The molecule has 9 nitrogen and oxygen atoms in total. The average Bonchev–Trinajstić information content (AvgIpc) is 2.65. The van der Waals surface area contributed by atoms with Crippen LogP contribution in [0.1, 0.15) is 44.7 Å². The highest BCUT2D eigenvalue weighted by Crippen LogP contribution is 2.17. The van der Waals surface area contributed by atoms with E-state index in [1.807, 2.05) is 46.8 Å². The Hall–Kier alpha value is -3.07. The van der Waals surface area contributed by atoms with Crippen LogP contribution >= 0.6 is 0 Å². The first-order chi connectivity index (χ1) is 14.5. The quantitative estimate of drug-likeness (QED) is 0.336. The number of fused-ring (bicyclic) bond motifs is 2. The summed E-state index contributed by atoms with van der Waals surface area (Å²) in [6.45, 7) is 10.6. The van der Waals surface area contributed by atoms with Gasteiger partial charge in [0.2, 0.25) is 0 Å². The van der Waals surface area contributed by atoms with Crippen molar-refractivity contribution in [3.8, 4) is 0 Å². The number of aromatic nitrogens is 4. The van der Waals surface area contributed by atoms with Gasteiger partial charge in [0.15, 0.2) is 11.2 Å². The van der Waals surface area contributed by atoms with Crippen LogP contribution < -0.4 is 16.6 Å². The summed E-state index contributed by atoms with van der Waals surface area (Å²) in [6.07, 6.45) is 0.913. The first kappa shape index (κ1) is 22.6. The number of esters is 1. The third-order valence-corrected chi connectivity index (χ3v) is 4.86. The van der Waals surface area contributed by atoms with Gasteiger partial charge in [-0.05, 0) is 70.8 Å². The minimum Gasteiger partial charge on any atom is -0.460 e. The molecule has 2 aromatic heterocycles. The van der Waals surface area contributed by atoms with Gasteiger partial charge >= 0.3 is 11.7 Å². The van der Waals surface area contributed by atoms with Gasteiger partial charge in [-0.3, -0.25) is 19.1 Å². The van der Waals surface area contributed by atoms with Gasteiger partial charge in [-0.1, -0.05) is 0 Å². The zero-order chi connectivity index (χ0) is 22.8. The first-order valence-electron chi connectivity index (χ1n) is 10.4. The van der Waals surface area contributed by atoms with Gasteiger partial charge in [-0.15, -0.1) is 0 Å². The molecule has 0 bridgehead atoms. The molecule has 3 rings (SSSR count). The van der Waals surface area contributed by atoms with E-state index in [1.165, 1.54) is 0 Å². The SMILES string of the molecule is Cc1cc2nc3[nH]c(=O)n(CCNCCCC(=O)OC(C)(C)C)c(=O)c3nc2cc1C. The molecule has 0 aliphatic heterocycles. The van der Waals surface area contributed by atoms with E-state index in [4.69, 9.17) is 4.74 Å². The van der Waals surface area contributed by atoms with Crippen molar-refractivity contribution in [2.75, 3.05) is 13.1 Å². The normalized spacial score (nSPS) is 11.9. The summed E-state index contributed by atoms with van der Waals surface area (Å²) in [5.41, 5.74) is 2.21. The Balaban J connectivity index is 1.66. The molecule has 0 fully saturated rings. The van der Waals surface area contributed by atoms with Gasteiger partial charge < -0.3 is 10.1 Å². The van der Waals surface area contributed by atoms with Crippen LogP contribution in [-0.4, -0.2) is 44.2 Å². The number of H-pyrrole nitrogens is 1. The highest BCUT2D eigenvalue weighted by molar-refractivity contribution is 5.84. The Morgan fingerprint density at radius 3 is 2.39 bits per heavy atom. The standard InChI is InChI=1S/C22H29N5O4/c1-13-11-15-16(12-14(13)2)25-19-18(24-15)20(29)27(21(30)26-19)10-9-23-8-6-7-17(28)31-22(3,4)5/h11-12,23H,6-10H2,1-5H3,(H,25,26,30). The molecular formula is C22H29N5O4. The molecule has 1 aromatic carbocycles. The second-order valence-electron chi connectivity index (χ2n) is 8.67. The fourth-order valence-corrected chi connectivity index (χ4v) is 3.21. The molecule has 31 heavy (non-hydrogen) atoms. The smallest absolute Gasteiger partial charge is 0.330 e. The van der Waals surface area contributed by atoms with Gasteiger partial charge in [0.25, 0.3) is 5.56 Å². The summed E-state index contributed by atoms with van der Waals surface area (Å²) >= 11 is 0. The molecule has 0 saturated carbocycles. The lowest BCUT2D eigenvalue weighted by atomic mass is 10.1. The first-order valence-corrected chi connectivity index (χ1v) is 10.4. The zero-order valence-electron chi connectivity index (χ0n) is 18.7. The van der Waals surface area contributed by atoms with Crippen LogP contribution in [0.15, 0.2) is 21.7 Å². The lowest BCUT2D eigenvalue weighted by Crippen LogP contribution is -2.38. The minimum absolute atomic E-state index is 0.139. The van der Waals surface area contributed by atoms with Crippen molar-refractivity contribution in [3.63, 3.8) is 0 Å². The molecule has 0 amide bonds. The maximum Gasteiger partial charge on any atom is 0.330 e. The van der Waals surface area contributed by atoms with E-state index in [9.17, 15) is 14.4 Å². The molecule has 2 N–H and O–H groups in total. The van der Waals surface area contributed by atoms with Crippen LogP contribution in [0.4, 0.5) is 0 Å². The van der Waals surface area contributed by atoms with Crippen LogP contribution in [-0.2, 0) is 16.1 Å². The largest absolute Gasteiger partial charge is 0.460 e. The lowest BCUT2D eigenvalue weighted by molar-refractivity contribution is -0.154. The number of carbonyl (C=O) groups excluding carboxylic acids is 1. The number of ether oxygens (including phenoxy) is 1. The summed E-state index contributed by atoms with van der Waals surface area (Å²) in [5, 5.41) is 3.14. The van der Waals surface area contributed by atoms with E-state index >= 15 is 0 Å². The van der Waals surface area contributed by atoms with E-state index in [2.05, 4.69) is 20.3 Å². The van der Waals surface area contributed by atoms with Crippen LogP contribution in [0.3, 0.4) is 0 Å². The van der Waals surface area contributed by atoms with E-state index in [1.54, 1.807) is 0 Å². The molecule has 0 atom stereocenters. The van der Waals surface area contributed by atoms with Crippen LogP contribution in [0.5, 0.6) is 0 Å². The predicted octanol–water partition coefficient (Wildman–Crippen LogP) is 1.96. The molecule has 0 aliphatic rings. The van der Waals surface area contributed by atoms with Crippen molar-refractivity contribution < 1.29 is 9.53 Å². The van der Waals surface area contributed by atoms with Crippen molar-refractivity contribution in [3.05, 3.63) is 44.1 Å². The molecule has 3 aromatic rings. The molecule has 0 spiro atoms. The molecular weight excluding hydrogens is 398 g/mol. The highest BCUT2D eigenvalue weighted by atomic mass is 16.6. The molecule has 2 heterocycles. The summed E-state index contributed by atoms with van der Waals surface area (Å²) in [6, 6.07) is 3.78. The van der Waals surface area contributed by atoms with Crippen molar-refractivity contribution in [1.82, 2.24) is 24.8 Å². The number of hydrogen-bond donors (Lipinski definition) is 2. The average molecular weight is 428 g/mol. The Bertz CT molecular complexity index is 1240. The van der Waals surface area contributed by atoms with Crippen LogP contribution in [0.2, 0.25) is 0 Å². The number of benzene rings is 1. The fraction of sp³-hybridized carbons (Fsp3) is 0.500. The Morgan fingerprint density at radius 2 is 1.74 bits per heavy atom. The number of carbonyl (C=O) groups is 1. The van der Waals surface area contributed by atoms with E-state index in [0.29, 0.717) is 37.0 Å². The Morgan fingerprint density at radius 1 is 1.10 bits per heavy atom. The fourth-order valence-electron chi connectivity index (χ4n) is 3.21. The second-order valence-corrected chi connectivity index (χ2v) is 8.67. The zero-order valence-corrected chi connectivity index (χ0v) is 18.7. The number of hydrogen-bond acceptors (Lipinski definition) is 7. The highest BCUT2D eigenvalue weighted by Gasteiger charge is 2.15. The Kier molecular flexibility index (Phi) is 6.54. The minimum atomic E-state index is -0.523. The predicted molar refractivity (Wildman–Crippen MR) is 119 cm³/mol. The number of nitrogens with zero attached hydrogens (tertiary/aromatic N) is 3. The molecule has 166 valence electrons. The number of nitrogens with one attached hydrogen (secondary N) is 2. The van der Waals surface area contributed by atoms with Gasteiger partial charge in [-0.25, -0.2) is 14.8 Å². The number of rotatable bonds is 7. The maximum atomic E-state index is 12.8. The summed E-state index contributed by atoms with van der Waals surface area (Å²) in [4.78, 5) is 48.5. The van der Waals surface area contributed by atoms with E-state index in [-0.39, 0.29) is 23.7 Å². The second kappa shape index (κ2) is 8.97. The van der Waals surface area contributed by atoms with Crippen LogP contribution in [0, 0.1) is 13.8 Å².